The van der Waals surface area contributed by atoms with Crippen molar-refractivity contribution in [1.29, 1.82) is 0 Å². The van der Waals surface area contributed by atoms with E-state index in [1.807, 2.05) is 0 Å². The van der Waals surface area contributed by atoms with Crippen LogP contribution in [0.3, 0.4) is 0 Å². The zero-order valence-electron chi connectivity index (χ0n) is 10.0. The molecule has 2 rings (SSSR count). The van der Waals surface area contributed by atoms with Crippen molar-refractivity contribution in [2.75, 3.05) is 7.05 Å². The van der Waals surface area contributed by atoms with Gasteiger partial charge in [0.2, 0.25) is 0 Å². The average molecular weight is 203 g/mol. The maximum Gasteiger partial charge on any atom is 0.0325 e. The van der Waals surface area contributed by atoms with Gasteiger partial charge in [-0.3, -0.25) is 0 Å². The van der Waals surface area contributed by atoms with E-state index in [4.69, 9.17) is 0 Å². The fraction of sp³-hybridized carbons (Fsp3) is 0.571. The monoisotopic (exact) mass is 203 g/mol. The normalized spacial score (nSPS) is 24.3. The van der Waals surface area contributed by atoms with Crippen LogP contribution >= 0.6 is 0 Å². The fourth-order valence-corrected chi connectivity index (χ4v) is 2.60. The van der Waals surface area contributed by atoms with Gasteiger partial charge in [0.1, 0.15) is 0 Å². The number of hydrogen-bond acceptors (Lipinski definition) is 1. The molecule has 0 aromatic heterocycles. The van der Waals surface area contributed by atoms with E-state index in [0.29, 0.717) is 11.5 Å². The topological polar surface area (TPSA) is 12.0 Å². The third-order valence-corrected chi connectivity index (χ3v) is 3.61. The van der Waals surface area contributed by atoms with E-state index in [2.05, 4.69) is 50.5 Å². The molecule has 15 heavy (non-hydrogen) atoms. The second-order valence-electron chi connectivity index (χ2n) is 5.41. The molecule has 1 aliphatic rings. The van der Waals surface area contributed by atoms with Crippen LogP contribution in [0.15, 0.2) is 24.3 Å². The minimum atomic E-state index is 0.451. The lowest BCUT2D eigenvalue weighted by Gasteiger charge is -2.26. The van der Waals surface area contributed by atoms with E-state index < -0.39 is 0 Å². The first-order chi connectivity index (χ1) is 7.12. The van der Waals surface area contributed by atoms with Crippen LogP contribution in [0.4, 0.5) is 0 Å². The van der Waals surface area contributed by atoms with Crippen molar-refractivity contribution in [1.82, 2.24) is 5.32 Å². The van der Waals surface area contributed by atoms with Crippen LogP contribution in [0.25, 0.3) is 0 Å². The Morgan fingerprint density at radius 2 is 2.00 bits per heavy atom. The minimum Gasteiger partial charge on any atom is -0.313 e. The van der Waals surface area contributed by atoms with Crippen molar-refractivity contribution in [3.8, 4) is 0 Å². The molecule has 1 heteroatoms. The Kier molecular flexibility index (Phi) is 2.83. The predicted octanol–water partition coefficient (Wildman–Crippen LogP) is 3.31. The quantitative estimate of drug-likeness (QED) is 0.690. The van der Waals surface area contributed by atoms with Crippen LogP contribution in [0.1, 0.15) is 43.9 Å². The summed E-state index contributed by atoms with van der Waals surface area (Å²) in [6, 6.07) is 9.39. The van der Waals surface area contributed by atoms with Crippen molar-refractivity contribution >= 4 is 0 Å². The molecular weight excluding hydrogens is 182 g/mol. The van der Waals surface area contributed by atoms with Gasteiger partial charge in [0, 0.05) is 6.04 Å². The van der Waals surface area contributed by atoms with Crippen LogP contribution in [0.5, 0.6) is 0 Å². The van der Waals surface area contributed by atoms with Crippen molar-refractivity contribution < 1.29 is 0 Å². The number of benzene rings is 1. The molecule has 82 valence electrons. The van der Waals surface area contributed by atoms with Crippen molar-refractivity contribution in [2.24, 2.45) is 5.41 Å². The summed E-state index contributed by atoms with van der Waals surface area (Å²) in [5.74, 6) is 0. The molecule has 1 aliphatic carbocycles. The smallest absolute Gasteiger partial charge is 0.0325 e. The minimum absolute atomic E-state index is 0.451. The van der Waals surface area contributed by atoms with Crippen LogP contribution in [-0.4, -0.2) is 7.05 Å². The van der Waals surface area contributed by atoms with Gasteiger partial charge >= 0.3 is 0 Å². The lowest BCUT2D eigenvalue weighted by Crippen LogP contribution is -2.22. The molecule has 1 nitrogen and oxygen atoms in total. The molecule has 0 amide bonds. The van der Waals surface area contributed by atoms with Gasteiger partial charge in [0.15, 0.2) is 0 Å². The van der Waals surface area contributed by atoms with Crippen LogP contribution in [-0.2, 0) is 6.42 Å². The van der Waals surface area contributed by atoms with E-state index in [0.717, 1.165) is 0 Å². The highest BCUT2D eigenvalue weighted by molar-refractivity contribution is 5.31. The third-order valence-electron chi connectivity index (χ3n) is 3.61. The lowest BCUT2D eigenvalue weighted by atomic mass is 9.83. The predicted molar refractivity (Wildman–Crippen MR) is 65.0 cm³/mol. The SMILES string of the molecule is CNC1CC(C)(C)CCc2ccccc21. The van der Waals surface area contributed by atoms with Crippen LogP contribution in [0.2, 0.25) is 0 Å². The Balaban J connectivity index is 2.37. The molecule has 0 saturated carbocycles. The molecule has 0 saturated heterocycles. The molecule has 1 unspecified atom stereocenters. The first-order valence-corrected chi connectivity index (χ1v) is 5.87. The highest BCUT2D eigenvalue weighted by Crippen LogP contribution is 2.38. The molecule has 0 fully saturated rings. The van der Waals surface area contributed by atoms with Gasteiger partial charge in [0.25, 0.3) is 0 Å². The van der Waals surface area contributed by atoms with E-state index in [1.165, 1.54) is 30.4 Å². The highest BCUT2D eigenvalue weighted by atomic mass is 14.9. The molecule has 0 spiro atoms. The summed E-state index contributed by atoms with van der Waals surface area (Å²) in [7, 11) is 2.07. The summed E-state index contributed by atoms with van der Waals surface area (Å²) < 4.78 is 0. The number of fused-ring (bicyclic) bond motifs is 1. The second-order valence-corrected chi connectivity index (χ2v) is 5.41. The van der Waals surface area contributed by atoms with Gasteiger partial charge in [-0.25, -0.2) is 0 Å². The number of aryl methyl sites for hydroxylation is 1. The largest absolute Gasteiger partial charge is 0.313 e. The summed E-state index contributed by atoms with van der Waals surface area (Å²) in [6.07, 6.45) is 3.75. The highest BCUT2D eigenvalue weighted by Gasteiger charge is 2.28. The summed E-state index contributed by atoms with van der Waals surface area (Å²) in [5.41, 5.74) is 3.49. The summed E-state index contributed by atoms with van der Waals surface area (Å²) in [5, 5.41) is 3.46. The van der Waals surface area contributed by atoms with Gasteiger partial charge < -0.3 is 5.32 Å². The van der Waals surface area contributed by atoms with E-state index in [1.54, 1.807) is 0 Å². The molecular formula is C14H21N. The standard InChI is InChI=1S/C14H21N/c1-14(2)9-8-11-6-4-5-7-12(11)13(10-14)15-3/h4-7,13,15H,8-10H2,1-3H3. The lowest BCUT2D eigenvalue weighted by molar-refractivity contribution is 0.279. The number of hydrogen-bond donors (Lipinski definition) is 1. The second kappa shape index (κ2) is 3.97. The first-order valence-electron chi connectivity index (χ1n) is 5.87. The Hall–Kier alpha value is -0.820. The summed E-state index contributed by atoms with van der Waals surface area (Å²) in [4.78, 5) is 0. The number of rotatable bonds is 1. The molecule has 1 aromatic rings. The zero-order chi connectivity index (χ0) is 10.9. The van der Waals surface area contributed by atoms with Crippen molar-refractivity contribution in [3.05, 3.63) is 35.4 Å². The first kappa shape index (κ1) is 10.7. The molecule has 0 heterocycles. The van der Waals surface area contributed by atoms with Crippen molar-refractivity contribution in [3.63, 3.8) is 0 Å². The van der Waals surface area contributed by atoms with Crippen LogP contribution in [0, 0.1) is 5.41 Å². The maximum absolute atomic E-state index is 3.46. The van der Waals surface area contributed by atoms with E-state index >= 15 is 0 Å². The number of nitrogens with one attached hydrogen (secondary N) is 1. The average Bonchev–Trinajstić information content (AvgIpc) is 2.36. The van der Waals surface area contributed by atoms with Gasteiger partial charge in [-0.15, -0.1) is 0 Å². The molecule has 0 bridgehead atoms. The van der Waals surface area contributed by atoms with Crippen molar-refractivity contribution in [2.45, 2.75) is 39.2 Å². The summed E-state index contributed by atoms with van der Waals surface area (Å²) >= 11 is 0. The third kappa shape index (κ3) is 2.23. The molecule has 1 aromatic carbocycles. The Morgan fingerprint density at radius 1 is 1.27 bits per heavy atom. The molecule has 0 aliphatic heterocycles. The fourth-order valence-electron chi connectivity index (χ4n) is 2.60. The Labute approximate surface area is 92.9 Å². The van der Waals surface area contributed by atoms with Gasteiger partial charge in [-0.2, -0.15) is 0 Å². The van der Waals surface area contributed by atoms with Gasteiger partial charge in [0.05, 0.1) is 0 Å². The van der Waals surface area contributed by atoms with Crippen LogP contribution < -0.4 is 5.32 Å². The van der Waals surface area contributed by atoms with E-state index in [9.17, 15) is 0 Å². The van der Waals surface area contributed by atoms with Gasteiger partial charge in [-0.05, 0) is 42.9 Å². The molecule has 1 N–H and O–H groups in total. The van der Waals surface area contributed by atoms with Gasteiger partial charge in [-0.1, -0.05) is 38.1 Å². The Morgan fingerprint density at radius 3 is 2.73 bits per heavy atom. The Bertz CT molecular complexity index is 341. The van der Waals surface area contributed by atoms with E-state index in [-0.39, 0.29) is 0 Å². The summed E-state index contributed by atoms with van der Waals surface area (Å²) in [6.45, 7) is 4.76. The maximum atomic E-state index is 3.46. The zero-order valence-corrected chi connectivity index (χ0v) is 10.0. The molecule has 0 radical (unpaired) electrons. The molecule has 1 atom stereocenters.